The lowest BCUT2D eigenvalue weighted by atomic mass is 9.97. The van der Waals surface area contributed by atoms with Crippen LogP contribution in [0.5, 0.6) is 0 Å². The lowest BCUT2D eigenvalue weighted by molar-refractivity contribution is 0.00670. The van der Waals surface area contributed by atoms with Gasteiger partial charge in [-0.05, 0) is 52.3 Å². The molecule has 2 aromatic rings. The summed E-state index contributed by atoms with van der Waals surface area (Å²) in [5.41, 5.74) is 1.26. The second-order valence-corrected chi connectivity index (χ2v) is 8.32. The van der Waals surface area contributed by atoms with E-state index >= 15 is 0 Å². The number of aromatic nitrogens is 1. The van der Waals surface area contributed by atoms with E-state index in [-0.39, 0.29) is 11.5 Å². The Bertz CT molecular complexity index is 853. The number of esters is 1. The summed E-state index contributed by atoms with van der Waals surface area (Å²) < 4.78 is 5.53. The average Bonchev–Trinajstić information content (AvgIpc) is 2.71. The Morgan fingerprint density at radius 2 is 1.76 bits per heavy atom. The molecule has 6 nitrogen and oxygen atoms in total. The first-order valence-electron chi connectivity index (χ1n) is 10.1. The Balaban J connectivity index is 1.94. The topological polar surface area (TPSA) is 71.5 Å². The summed E-state index contributed by atoms with van der Waals surface area (Å²) in [6, 6.07) is 9.50. The predicted octanol–water partition coefficient (Wildman–Crippen LogP) is 3.88. The van der Waals surface area contributed by atoms with Gasteiger partial charge < -0.3 is 10.1 Å². The van der Waals surface area contributed by atoms with Gasteiger partial charge in [0.25, 0.3) is 5.91 Å². The first-order valence-corrected chi connectivity index (χ1v) is 10.1. The van der Waals surface area contributed by atoms with Crippen molar-refractivity contribution in [1.82, 2.24) is 15.2 Å². The van der Waals surface area contributed by atoms with E-state index in [0.717, 1.165) is 31.5 Å². The number of ether oxygens (including phenoxy) is 1. The molecule has 1 aromatic heterocycles. The molecule has 2 heterocycles. The number of pyridine rings is 1. The van der Waals surface area contributed by atoms with Crippen molar-refractivity contribution >= 4 is 11.9 Å². The summed E-state index contributed by atoms with van der Waals surface area (Å²) in [6.45, 7) is 7.81. The first kappa shape index (κ1) is 21.0. The zero-order chi connectivity index (χ0) is 20.9. The van der Waals surface area contributed by atoms with E-state index in [2.05, 4.69) is 15.2 Å². The molecule has 6 heteroatoms. The van der Waals surface area contributed by atoms with Crippen molar-refractivity contribution in [1.29, 1.82) is 0 Å². The number of nitrogens with zero attached hydrogens (tertiary/aromatic N) is 2. The van der Waals surface area contributed by atoms with E-state index in [1.807, 2.05) is 30.3 Å². The molecule has 1 saturated heterocycles. The molecule has 0 saturated carbocycles. The van der Waals surface area contributed by atoms with Gasteiger partial charge in [0.1, 0.15) is 5.60 Å². The van der Waals surface area contributed by atoms with E-state index in [1.165, 1.54) is 12.6 Å². The molecule has 154 valence electrons. The van der Waals surface area contributed by atoms with Crippen LogP contribution in [-0.2, 0) is 4.74 Å². The van der Waals surface area contributed by atoms with Gasteiger partial charge in [-0.3, -0.25) is 14.7 Å². The normalized spacial score (nSPS) is 15.0. The lowest BCUT2D eigenvalue weighted by Crippen LogP contribution is -2.41. The van der Waals surface area contributed by atoms with Crippen LogP contribution in [0.2, 0.25) is 0 Å². The average molecular weight is 396 g/mol. The Hall–Kier alpha value is -2.73. The zero-order valence-corrected chi connectivity index (χ0v) is 17.4. The first-order chi connectivity index (χ1) is 13.8. The molecule has 3 rings (SSSR count). The van der Waals surface area contributed by atoms with Gasteiger partial charge in [0.15, 0.2) is 0 Å². The van der Waals surface area contributed by atoms with Gasteiger partial charge in [0.05, 0.1) is 17.8 Å². The maximum atomic E-state index is 13.2. The van der Waals surface area contributed by atoms with Crippen LogP contribution in [0.15, 0.2) is 42.7 Å². The highest BCUT2D eigenvalue weighted by Gasteiger charge is 2.26. The van der Waals surface area contributed by atoms with Crippen LogP contribution in [0.25, 0.3) is 11.1 Å². The minimum atomic E-state index is -0.665. The maximum absolute atomic E-state index is 13.2. The fourth-order valence-electron chi connectivity index (χ4n) is 3.42. The van der Waals surface area contributed by atoms with Crippen molar-refractivity contribution < 1.29 is 14.3 Å². The van der Waals surface area contributed by atoms with Crippen LogP contribution in [0.4, 0.5) is 0 Å². The summed E-state index contributed by atoms with van der Waals surface area (Å²) in [5, 5.41) is 2.99. The minimum Gasteiger partial charge on any atom is -0.456 e. The molecular weight excluding hydrogens is 366 g/mol. The van der Waals surface area contributed by atoms with Crippen molar-refractivity contribution in [3.63, 3.8) is 0 Å². The molecule has 0 unspecified atom stereocenters. The number of carbonyl (C=O) groups is 2. The summed E-state index contributed by atoms with van der Waals surface area (Å²) in [7, 11) is 0. The predicted molar refractivity (Wildman–Crippen MR) is 113 cm³/mol. The SMILES string of the molecule is CC(C)(C)OC(=O)c1cncc(-c2ccccc2)c1C(=O)NCN1CCCCC1. The lowest BCUT2D eigenvalue weighted by Gasteiger charge is -2.27. The number of likely N-dealkylation sites (tertiary alicyclic amines) is 1. The van der Waals surface area contributed by atoms with Crippen molar-refractivity contribution in [2.75, 3.05) is 19.8 Å². The van der Waals surface area contributed by atoms with E-state index in [9.17, 15) is 9.59 Å². The number of nitrogens with one attached hydrogen (secondary N) is 1. The highest BCUT2D eigenvalue weighted by atomic mass is 16.6. The van der Waals surface area contributed by atoms with Crippen molar-refractivity contribution in [3.05, 3.63) is 53.9 Å². The number of rotatable bonds is 5. The van der Waals surface area contributed by atoms with Crippen LogP contribution in [0.1, 0.15) is 60.7 Å². The van der Waals surface area contributed by atoms with Crippen LogP contribution in [-0.4, -0.2) is 47.1 Å². The van der Waals surface area contributed by atoms with E-state index in [4.69, 9.17) is 4.74 Å². The van der Waals surface area contributed by atoms with Gasteiger partial charge in [0, 0.05) is 18.0 Å². The highest BCUT2D eigenvalue weighted by molar-refractivity contribution is 6.09. The van der Waals surface area contributed by atoms with Crippen LogP contribution >= 0.6 is 0 Å². The monoisotopic (exact) mass is 395 g/mol. The molecule has 0 atom stereocenters. The number of amides is 1. The van der Waals surface area contributed by atoms with E-state index < -0.39 is 11.6 Å². The second kappa shape index (κ2) is 9.18. The molecule has 1 aliphatic heterocycles. The molecule has 1 aromatic carbocycles. The maximum Gasteiger partial charge on any atom is 0.341 e. The molecule has 0 radical (unpaired) electrons. The molecule has 1 N–H and O–H groups in total. The Labute approximate surface area is 172 Å². The molecule has 1 amide bonds. The molecule has 0 spiro atoms. The number of hydrogen-bond donors (Lipinski definition) is 1. The number of benzene rings is 1. The molecule has 1 fully saturated rings. The van der Waals surface area contributed by atoms with Gasteiger partial charge in [-0.2, -0.15) is 0 Å². The minimum absolute atomic E-state index is 0.178. The summed E-state index contributed by atoms with van der Waals surface area (Å²) >= 11 is 0. The smallest absolute Gasteiger partial charge is 0.341 e. The van der Waals surface area contributed by atoms with Gasteiger partial charge in [-0.25, -0.2) is 4.79 Å². The van der Waals surface area contributed by atoms with E-state index in [0.29, 0.717) is 17.8 Å². The summed E-state index contributed by atoms with van der Waals surface area (Å²) in [6.07, 6.45) is 6.55. The third-order valence-electron chi connectivity index (χ3n) is 4.79. The van der Waals surface area contributed by atoms with Gasteiger partial charge >= 0.3 is 5.97 Å². The van der Waals surface area contributed by atoms with Crippen LogP contribution < -0.4 is 5.32 Å². The summed E-state index contributed by atoms with van der Waals surface area (Å²) in [5.74, 6) is -0.844. The third-order valence-corrected chi connectivity index (χ3v) is 4.79. The fourth-order valence-corrected chi connectivity index (χ4v) is 3.42. The largest absolute Gasteiger partial charge is 0.456 e. The van der Waals surface area contributed by atoms with Crippen LogP contribution in [0.3, 0.4) is 0 Å². The van der Waals surface area contributed by atoms with Crippen molar-refractivity contribution in [3.8, 4) is 11.1 Å². The van der Waals surface area contributed by atoms with Gasteiger partial charge in [0.2, 0.25) is 0 Å². The Morgan fingerprint density at radius 1 is 1.07 bits per heavy atom. The number of piperidine rings is 1. The summed E-state index contributed by atoms with van der Waals surface area (Å²) in [4.78, 5) is 32.5. The number of hydrogen-bond acceptors (Lipinski definition) is 5. The molecule has 29 heavy (non-hydrogen) atoms. The molecular formula is C23H29N3O3. The van der Waals surface area contributed by atoms with Crippen molar-refractivity contribution in [2.24, 2.45) is 0 Å². The fraction of sp³-hybridized carbons (Fsp3) is 0.435. The zero-order valence-electron chi connectivity index (χ0n) is 17.4. The van der Waals surface area contributed by atoms with E-state index in [1.54, 1.807) is 27.0 Å². The Morgan fingerprint density at radius 3 is 2.41 bits per heavy atom. The van der Waals surface area contributed by atoms with Gasteiger partial charge in [-0.15, -0.1) is 0 Å². The third kappa shape index (κ3) is 5.64. The van der Waals surface area contributed by atoms with Crippen molar-refractivity contribution in [2.45, 2.75) is 45.6 Å². The standard InChI is InChI=1S/C23H29N3O3/c1-23(2,3)29-22(28)19-15-24-14-18(17-10-6-4-7-11-17)20(19)21(27)25-16-26-12-8-5-9-13-26/h4,6-7,10-11,14-15H,5,8-9,12-13,16H2,1-3H3,(H,25,27). The van der Waals surface area contributed by atoms with Gasteiger partial charge in [-0.1, -0.05) is 36.8 Å². The second-order valence-electron chi connectivity index (χ2n) is 8.32. The molecule has 1 aliphatic rings. The molecule has 0 bridgehead atoms. The van der Waals surface area contributed by atoms with Crippen LogP contribution in [0, 0.1) is 0 Å². The number of carbonyl (C=O) groups excluding carboxylic acids is 2. The molecule has 0 aliphatic carbocycles. The quantitative estimate of drug-likeness (QED) is 0.778. The Kier molecular flexibility index (Phi) is 6.64. The highest BCUT2D eigenvalue weighted by Crippen LogP contribution is 2.27.